The first-order valence-electron chi connectivity index (χ1n) is 4.72. The smallest absolute Gasteiger partial charge is 0.336 e. The van der Waals surface area contributed by atoms with Gasteiger partial charge >= 0.3 is 11.9 Å². The van der Waals surface area contributed by atoms with Crippen molar-refractivity contribution in [2.24, 2.45) is 0 Å². The van der Waals surface area contributed by atoms with Crippen LogP contribution in [0.2, 0.25) is 0 Å². The van der Waals surface area contributed by atoms with Crippen LogP contribution in [-0.4, -0.2) is 41.2 Å². The van der Waals surface area contributed by atoms with Gasteiger partial charge in [0.15, 0.2) is 0 Å². The number of carbonyl (C=O) groups is 2. The molecule has 1 heterocycles. The lowest BCUT2D eigenvalue weighted by Crippen LogP contribution is -2.26. The number of aliphatic hydroxyl groups is 2. The maximum absolute atomic E-state index is 11.3. The third kappa shape index (κ3) is 3.02. The molecular formula is C11H12O6. The van der Waals surface area contributed by atoms with Crippen LogP contribution in [0.4, 0.5) is 0 Å². The van der Waals surface area contributed by atoms with Crippen molar-refractivity contribution < 1.29 is 29.3 Å². The number of aliphatic hydroxyl groups excluding tert-OH is 2. The fraction of sp³-hybridized carbons (Fsp3) is 0.273. The van der Waals surface area contributed by atoms with E-state index in [1.54, 1.807) is 0 Å². The SMILES string of the molecule is C=CCOC(=O)C(=C)C(O)C1=CC(=O)OC1O. The fourth-order valence-electron chi connectivity index (χ4n) is 1.17. The first kappa shape index (κ1) is 13.1. The molecule has 0 aromatic carbocycles. The van der Waals surface area contributed by atoms with Gasteiger partial charge in [0.05, 0.1) is 5.57 Å². The normalized spacial score (nSPS) is 20.2. The van der Waals surface area contributed by atoms with Gasteiger partial charge in [-0.25, -0.2) is 9.59 Å². The van der Waals surface area contributed by atoms with Crippen molar-refractivity contribution in [3.8, 4) is 0 Å². The largest absolute Gasteiger partial charge is 0.458 e. The molecule has 17 heavy (non-hydrogen) atoms. The van der Waals surface area contributed by atoms with Crippen LogP contribution in [0.5, 0.6) is 0 Å². The second-order valence-corrected chi connectivity index (χ2v) is 3.25. The zero-order chi connectivity index (χ0) is 13.0. The van der Waals surface area contributed by atoms with Gasteiger partial charge < -0.3 is 19.7 Å². The molecule has 6 nitrogen and oxygen atoms in total. The van der Waals surface area contributed by atoms with Crippen LogP contribution >= 0.6 is 0 Å². The molecule has 0 bridgehead atoms. The summed E-state index contributed by atoms with van der Waals surface area (Å²) in [7, 11) is 0. The Morgan fingerprint density at radius 1 is 1.71 bits per heavy atom. The number of hydrogen-bond acceptors (Lipinski definition) is 6. The van der Waals surface area contributed by atoms with Crippen LogP contribution < -0.4 is 0 Å². The van der Waals surface area contributed by atoms with E-state index in [4.69, 9.17) is 0 Å². The van der Waals surface area contributed by atoms with Crippen molar-refractivity contribution in [1.29, 1.82) is 0 Å². The summed E-state index contributed by atoms with van der Waals surface area (Å²) >= 11 is 0. The summed E-state index contributed by atoms with van der Waals surface area (Å²) in [5.41, 5.74) is -0.439. The summed E-state index contributed by atoms with van der Waals surface area (Å²) in [6.07, 6.45) is -0.829. The molecule has 2 atom stereocenters. The van der Waals surface area contributed by atoms with E-state index in [1.165, 1.54) is 6.08 Å². The third-order valence-electron chi connectivity index (χ3n) is 2.04. The molecule has 92 valence electrons. The summed E-state index contributed by atoms with van der Waals surface area (Å²) in [6.45, 7) is 6.66. The van der Waals surface area contributed by atoms with E-state index in [-0.39, 0.29) is 17.8 Å². The molecule has 2 N–H and O–H groups in total. The van der Waals surface area contributed by atoms with Gasteiger partial charge in [-0.1, -0.05) is 19.2 Å². The second-order valence-electron chi connectivity index (χ2n) is 3.25. The molecule has 1 aliphatic rings. The molecule has 6 heteroatoms. The summed E-state index contributed by atoms with van der Waals surface area (Å²) in [6, 6.07) is 0. The summed E-state index contributed by atoms with van der Waals surface area (Å²) < 4.78 is 9.01. The number of hydrogen-bond donors (Lipinski definition) is 2. The Morgan fingerprint density at radius 2 is 2.35 bits per heavy atom. The van der Waals surface area contributed by atoms with E-state index in [0.717, 1.165) is 6.08 Å². The minimum atomic E-state index is -1.57. The van der Waals surface area contributed by atoms with Crippen LogP contribution in [-0.2, 0) is 19.1 Å². The van der Waals surface area contributed by atoms with E-state index < -0.39 is 24.3 Å². The highest BCUT2D eigenvalue weighted by atomic mass is 16.6. The molecule has 0 spiro atoms. The van der Waals surface area contributed by atoms with Crippen molar-refractivity contribution in [2.45, 2.75) is 12.4 Å². The number of rotatable bonds is 5. The quantitative estimate of drug-likeness (QED) is 0.380. The zero-order valence-corrected chi connectivity index (χ0v) is 8.96. The lowest BCUT2D eigenvalue weighted by molar-refractivity contribution is -0.151. The number of ether oxygens (including phenoxy) is 2. The molecular weight excluding hydrogens is 228 g/mol. The van der Waals surface area contributed by atoms with Gasteiger partial charge in [-0.3, -0.25) is 0 Å². The van der Waals surface area contributed by atoms with Crippen LogP contribution in [0.3, 0.4) is 0 Å². The van der Waals surface area contributed by atoms with Gasteiger partial charge in [0, 0.05) is 11.6 Å². The van der Waals surface area contributed by atoms with E-state index >= 15 is 0 Å². The predicted molar refractivity (Wildman–Crippen MR) is 56.5 cm³/mol. The molecule has 1 aliphatic heterocycles. The first-order valence-corrected chi connectivity index (χ1v) is 4.72. The standard InChI is InChI=1S/C11H12O6/c1-3-4-16-10(14)6(2)9(13)7-5-8(12)17-11(7)15/h3,5,9,11,13,15H,1-2,4H2. The maximum atomic E-state index is 11.3. The summed E-state index contributed by atoms with van der Waals surface area (Å²) in [5, 5.41) is 18.9. The number of cyclic esters (lactones) is 1. The fourth-order valence-corrected chi connectivity index (χ4v) is 1.17. The molecule has 2 unspecified atom stereocenters. The minimum Gasteiger partial charge on any atom is -0.458 e. The highest BCUT2D eigenvalue weighted by Gasteiger charge is 2.32. The highest BCUT2D eigenvalue weighted by Crippen LogP contribution is 2.21. The van der Waals surface area contributed by atoms with E-state index in [2.05, 4.69) is 22.6 Å². The van der Waals surface area contributed by atoms with Crippen LogP contribution in [0.1, 0.15) is 0 Å². The van der Waals surface area contributed by atoms with Crippen molar-refractivity contribution in [2.75, 3.05) is 6.61 Å². The highest BCUT2D eigenvalue weighted by molar-refractivity contribution is 5.91. The average Bonchev–Trinajstić information content (AvgIpc) is 2.63. The van der Waals surface area contributed by atoms with Gasteiger partial charge in [0.25, 0.3) is 0 Å². The molecule has 0 amide bonds. The summed E-state index contributed by atoms with van der Waals surface area (Å²) in [4.78, 5) is 22.1. The van der Waals surface area contributed by atoms with Crippen molar-refractivity contribution >= 4 is 11.9 Å². The lowest BCUT2D eigenvalue weighted by Gasteiger charge is -2.15. The van der Waals surface area contributed by atoms with Gasteiger partial charge in [-0.05, 0) is 0 Å². The van der Waals surface area contributed by atoms with Crippen molar-refractivity contribution in [3.05, 3.63) is 36.5 Å². The molecule has 0 aromatic heterocycles. The third-order valence-corrected chi connectivity index (χ3v) is 2.04. The Bertz CT molecular complexity index is 395. The van der Waals surface area contributed by atoms with Crippen molar-refractivity contribution in [3.63, 3.8) is 0 Å². The van der Waals surface area contributed by atoms with Gasteiger partial charge in [-0.2, -0.15) is 0 Å². The zero-order valence-electron chi connectivity index (χ0n) is 8.96. The van der Waals surface area contributed by atoms with Gasteiger partial charge in [-0.15, -0.1) is 0 Å². The molecule has 0 aromatic rings. The van der Waals surface area contributed by atoms with Crippen molar-refractivity contribution in [1.82, 2.24) is 0 Å². The summed E-state index contributed by atoms with van der Waals surface area (Å²) in [5.74, 6) is -1.64. The number of carbonyl (C=O) groups excluding carboxylic acids is 2. The molecule has 0 saturated carbocycles. The molecule has 1 rings (SSSR count). The Kier molecular flexibility index (Phi) is 4.19. The predicted octanol–water partition coefficient (Wildman–Crippen LogP) is -0.566. The van der Waals surface area contributed by atoms with Gasteiger partial charge in [0.1, 0.15) is 12.7 Å². The first-order chi connectivity index (χ1) is 7.97. The Balaban J connectivity index is 2.70. The Labute approximate surface area is 97.5 Å². The Hall–Kier alpha value is -1.92. The Morgan fingerprint density at radius 3 is 2.82 bits per heavy atom. The monoisotopic (exact) mass is 240 g/mol. The van der Waals surface area contributed by atoms with Crippen LogP contribution in [0, 0.1) is 0 Å². The second kappa shape index (κ2) is 5.42. The van der Waals surface area contributed by atoms with E-state index in [9.17, 15) is 19.8 Å². The lowest BCUT2D eigenvalue weighted by atomic mass is 10.0. The average molecular weight is 240 g/mol. The topological polar surface area (TPSA) is 93.1 Å². The molecule has 0 aliphatic carbocycles. The van der Waals surface area contributed by atoms with Crippen LogP contribution in [0.25, 0.3) is 0 Å². The van der Waals surface area contributed by atoms with Gasteiger partial charge in [0.2, 0.25) is 6.29 Å². The van der Waals surface area contributed by atoms with E-state index in [0.29, 0.717) is 0 Å². The minimum absolute atomic E-state index is 0.0262. The molecule has 0 saturated heterocycles. The maximum Gasteiger partial charge on any atom is 0.336 e. The molecule has 0 fully saturated rings. The van der Waals surface area contributed by atoms with E-state index in [1.807, 2.05) is 0 Å². The number of esters is 2. The van der Waals surface area contributed by atoms with Crippen LogP contribution in [0.15, 0.2) is 36.5 Å². The molecule has 0 radical (unpaired) electrons.